The molecule has 2 heterocycles. The van der Waals surface area contributed by atoms with Crippen LogP contribution < -0.4 is 17.4 Å². The molecular weight excluding hydrogens is 288 g/mol. The Bertz CT molecular complexity index is 601. The predicted molar refractivity (Wildman–Crippen MR) is 78.4 cm³/mol. The Labute approximate surface area is 130 Å². The Balaban J connectivity index is 0.00000121. The number of imidazole rings is 1. The van der Waals surface area contributed by atoms with Crippen LogP contribution in [-0.2, 0) is 12.8 Å². The van der Waals surface area contributed by atoms with Crippen molar-refractivity contribution < 1.29 is 17.4 Å². The van der Waals surface area contributed by atoms with Gasteiger partial charge in [-0.25, -0.2) is 9.97 Å². The van der Waals surface area contributed by atoms with E-state index in [4.69, 9.17) is 0 Å². The van der Waals surface area contributed by atoms with Crippen LogP contribution in [0, 0.1) is 5.92 Å². The second-order valence-corrected chi connectivity index (χ2v) is 7.14. The number of thiophene rings is 1. The van der Waals surface area contributed by atoms with Crippen molar-refractivity contribution in [2.45, 2.75) is 51.4 Å². The summed E-state index contributed by atoms with van der Waals surface area (Å²) in [5.41, 5.74) is 4.24. The van der Waals surface area contributed by atoms with E-state index in [2.05, 4.69) is 28.3 Å². The fraction of sp³-hybridized carbons (Fsp3) is 0.562. The average Bonchev–Trinajstić information content (AvgIpc) is 3.04. The first-order valence-corrected chi connectivity index (χ1v) is 8.41. The molecule has 2 atom stereocenters. The largest absolute Gasteiger partial charge is 1.00 e. The van der Waals surface area contributed by atoms with Crippen LogP contribution in [0.15, 0.2) is 11.4 Å². The van der Waals surface area contributed by atoms with Gasteiger partial charge >= 0.3 is 0 Å². The Morgan fingerprint density at radius 2 is 2.10 bits per heavy atom. The van der Waals surface area contributed by atoms with Gasteiger partial charge in [-0.15, -0.1) is 11.3 Å². The number of halogens is 1. The van der Waals surface area contributed by atoms with Crippen molar-refractivity contribution in [3.63, 3.8) is 0 Å². The highest BCUT2D eigenvalue weighted by molar-refractivity contribution is 7.10. The molecule has 0 saturated heterocycles. The van der Waals surface area contributed by atoms with Gasteiger partial charge in [0.2, 0.25) is 0 Å². The molecule has 0 bridgehead atoms. The van der Waals surface area contributed by atoms with Crippen LogP contribution in [0.2, 0.25) is 0 Å². The molecule has 0 radical (unpaired) electrons. The predicted octanol–water partition coefficient (Wildman–Crippen LogP) is 0.954. The number of rotatable bonds is 1. The highest BCUT2D eigenvalue weighted by Crippen LogP contribution is 2.38. The molecule has 1 saturated carbocycles. The third-order valence-electron chi connectivity index (χ3n) is 4.95. The fourth-order valence-electron chi connectivity index (χ4n) is 3.81. The molecule has 108 valence electrons. The van der Waals surface area contributed by atoms with Crippen molar-refractivity contribution in [3.8, 4) is 11.3 Å². The van der Waals surface area contributed by atoms with Crippen LogP contribution in [-0.4, -0.2) is 4.98 Å². The lowest BCUT2D eigenvalue weighted by Gasteiger charge is -2.24. The van der Waals surface area contributed by atoms with Crippen LogP contribution in [0.4, 0.5) is 0 Å². The number of H-pyrrole nitrogens is 2. The smallest absolute Gasteiger partial charge is 0.256 e. The lowest BCUT2D eigenvalue weighted by Crippen LogP contribution is -3.00. The molecule has 0 amide bonds. The second-order valence-electron chi connectivity index (χ2n) is 6.14. The number of hydrogen-bond acceptors (Lipinski definition) is 1. The lowest BCUT2D eigenvalue weighted by molar-refractivity contribution is -0.380. The topological polar surface area (TPSA) is 29.9 Å². The zero-order chi connectivity index (χ0) is 12.8. The summed E-state index contributed by atoms with van der Waals surface area (Å²) in [4.78, 5) is 8.99. The van der Waals surface area contributed by atoms with Crippen molar-refractivity contribution in [1.82, 2.24) is 4.98 Å². The molecule has 4 heteroatoms. The molecule has 2 unspecified atom stereocenters. The fourth-order valence-corrected chi connectivity index (χ4v) is 4.70. The molecule has 2 aliphatic rings. The summed E-state index contributed by atoms with van der Waals surface area (Å²) < 4.78 is 0. The van der Waals surface area contributed by atoms with E-state index in [1.54, 1.807) is 4.88 Å². The van der Waals surface area contributed by atoms with E-state index < -0.39 is 0 Å². The minimum atomic E-state index is 0. The molecule has 0 aromatic carbocycles. The molecule has 4 rings (SSSR count). The molecule has 2 aliphatic carbocycles. The van der Waals surface area contributed by atoms with Gasteiger partial charge in [-0.3, -0.25) is 0 Å². The monoisotopic (exact) mass is 308 g/mol. The van der Waals surface area contributed by atoms with Crippen LogP contribution in [0.25, 0.3) is 11.3 Å². The Morgan fingerprint density at radius 1 is 1.25 bits per heavy atom. The minimum Gasteiger partial charge on any atom is -1.00 e. The van der Waals surface area contributed by atoms with E-state index in [-0.39, 0.29) is 12.4 Å². The molecule has 2 aromatic rings. The number of nitrogens with one attached hydrogen (secondary N) is 2. The highest BCUT2D eigenvalue weighted by Gasteiger charge is 2.33. The van der Waals surface area contributed by atoms with Crippen LogP contribution in [0.1, 0.15) is 54.9 Å². The molecule has 2 nitrogen and oxygen atoms in total. The lowest BCUT2D eigenvalue weighted by atomic mass is 9.80. The summed E-state index contributed by atoms with van der Waals surface area (Å²) in [5, 5.41) is 2.23. The SMILES string of the molecule is CC1CCCCC1c1[nH]c2c([nH+]1)-c1ccsc1CC2.[Cl-]. The van der Waals surface area contributed by atoms with E-state index >= 15 is 0 Å². The molecule has 0 spiro atoms. The molecule has 1 fully saturated rings. The highest BCUT2D eigenvalue weighted by atomic mass is 35.5. The summed E-state index contributed by atoms with van der Waals surface area (Å²) in [5.74, 6) is 2.91. The summed E-state index contributed by atoms with van der Waals surface area (Å²) >= 11 is 1.90. The van der Waals surface area contributed by atoms with E-state index in [9.17, 15) is 0 Å². The van der Waals surface area contributed by atoms with Gasteiger partial charge in [0, 0.05) is 16.9 Å². The number of aromatic amines is 2. The van der Waals surface area contributed by atoms with Gasteiger partial charge in [-0.1, -0.05) is 19.8 Å². The summed E-state index contributed by atoms with van der Waals surface area (Å²) in [6.45, 7) is 2.41. The van der Waals surface area contributed by atoms with E-state index in [1.807, 2.05) is 11.3 Å². The zero-order valence-electron chi connectivity index (χ0n) is 11.8. The maximum Gasteiger partial charge on any atom is 0.256 e. The van der Waals surface area contributed by atoms with E-state index in [0.29, 0.717) is 5.92 Å². The number of hydrogen-bond donors (Lipinski definition) is 1. The van der Waals surface area contributed by atoms with Gasteiger partial charge < -0.3 is 12.4 Å². The van der Waals surface area contributed by atoms with Crippen molar-refractivity contribution >= 4 is 11.3 Å². The van der Waals surface area contributed by atoms with Crippen molar-refractivity contribution in [1.29, 1.82) is 0 Å². The number of aromatic nitrogens is 2. The molecular formula is C16H21ClN2S. The van der Waals surface area contributed by atoms with Gasteiger partial charge in [0.25, 0.3) is 5.82 Å². The van der Waals surface area contributed by atoms with Crippen molar-refractivity contribution in [2.75, 3.05) is 0 Å². The van der Waals surface area contributed by atoms with Gasteiger partial charge in [0.1, 0.15) is 5.69 Å². The minimum absolute atomic E-state index is 0. The zero-order valence-corrected chi connectivity index (χ0v) is 13.4. The average molecular weight is 309 g/mol. The number of aryl methyl sites for hydroxylation is 2. The summed E-state index contributed by atoms with van der Waals surface area (Å²) in [7, 11) is 0. The first-order chi connectivity index (χ1) is 9.33. The van der Waals surface area contributed by atoms with Gasteiger partial charge in [-0.2, -0.15) is 0 Å². The third kappa shape index (κ3) is 2.21. The standard InChI is InChI=1S/C16H20N2S.ClH/c1-10-4-2-3-5-11(10)16-17-13-6-7-14-12(8-9-19-14)15(13)18-16;/h8-11H,2-7H2,1H3,(H,17,18);1H. The van der Waals surface area contributed by atoms with Gasteiger partial charge in [0.05, 0.1) is 5.92 Å². The molecule has 20 heavy (non-hydrogen) atoms. The first kappa shape index (κ1) is 14.2. The molecule has 2 N–H and O–H groups in total. The van der Waals surface area contributed by atoms with Crippen molar-refractivity contribution in [2.24, 2.45) is 5.92 Å². The first-order valence-electron chi connectivity index (χ1n) is 7.53. The third-order valence-corrected chi connectivity index (χ3v) is 5.93. The molecule has 2 aromatic heterocycles. The van der Waals surface area contributed by atoms with Crippen LogP contribution >= 0.6 is 11.3 Å². The van der Waals surface area contributed by atoms with E-state index in [1.165, 1.54) is 61.3 Å². The summed E-state index contributed by atoms with van der Waals surface area (Å²) in [6.07, 6.45) is 7.89. The van der Waals surface area contributed by atoms with Gasteiger partial charge in [-0.05, 0) is 36.6 Å². The van der Waals surface area contributed by atoms with Crippen molar-refractivity contribution in [3.05, 3.63) is 27.8 Å². The summed E-state index contributed by atoms with van der Waals surface area (Å²) in [6, 6.07) is 2.27. The Morgan fingerprint density at radius 3 is 2.95 bits per heavy atom. The van der Waals surface area contributed by atoms with Gasteiger partial charge in [0.15, 0.2) is 5.69 Å². The Kier molecular flexibility index (Phi) is 3.91. The normalized spacial score (nSPS) is 24.6. The van der Waals surface area contributed by atoms with Crippen LogP contribution in [0.3, 0.4) is 0 Å². The Hall–Kier alpha value is -0.800. The number of fused-ring (bicyclic) bond motifs is 3. The van der Waals surface area contributed by atoms with Crippen LogP contribution in [0.5, 0.6) is 0 Å². The van der Waals surface area contributed by atoms with E-state index in [0.717, 1.165) is 5.92 Å². The second kappa shape index (κ2) is 5.53. The molecule has 0 aliphatic heterocycles. The maximum atomic E-state index is 3.73. The quantitative estimate of drug-likeness (QED) is 0.813. The maximum absolute atomic E-state index is 3.73.